The van der Waals surface area contributed by atoms with Crippen LogP contribution in [0.4, 0.5) is 0 Å². The van der Waals surface area contributed by atoms with Gasteiger partial charge in [0.05, 0.1) is 23.6 Å². The van der Waals surface area contributed by atoms with Gasteiger partial charge in [-0.15, -0.1) is 12.4 Å². The first-order valence-corrected chi connectivity index (χ1v) is 9.29. The van der Waals surface area contributed by atoms with Crippen LogP contribution in [-0.4, -0.2) is 50.4 Å². The van der Waals surface area contributed by atoms with Gasteiger partial charge >= 0.3 is 5.97 Å². The lowest BCUT2D eigenvalue weighted by Gasteiger charge is -2.35. The summed E-state index contributed by atoms with van der Waals surface area (Å²) in [6, 6.07) is 9.33. The van der Waals surface area contributed by atoms with Crippen molar-refractivity contribution in [1.29, 1.82) is 0 Å². The van der Waals surface area contributed by atoms with E-state index in [2.05, 4.69) is 10.3 Å². The zero-order valence-electron chi connectivity index (χ0n) is 14.2. The molecule has 1 saturated heterocycles. The summed E-state index contributed by atoms with van der Waals surface area (Å²) in [6.07, 6.45) is 3.30. The molecule has 0 radical (unpaired) electrons. The summed E-state index contributed by atoms with van der Waals surface area (Å²) in [6.45, 7) is 1.32. The number of rotatable bonds is 4. The van der Waals surface area contributed by atoms with Gasteiger partial charge in [0.2, 0.25) is 10.0 Å². The molecule has 1 N–H and O–H groups in total. The van der Waals surface area contributed by atoms with Crippen LogP contribution in [0.5, 0.6) is 0 Å². The summed E-state index contributed by atoms with van der Waals surface area (Å²) < 4.78 is 32.7. The highest BCUT2D eigenvalue weighted by Gasteiger charge is 2.36. The maximum absolute atomic E-state index is 13.3. The molecule has 1 unspecified atom stereocenters. The molecule has 1 aromatic heterocycles. The first-order chi connectivity index (χ1) is 12.1. The fourth-order valence-electron chi connectivity index (χ4n) is 2.93. The van der Waals surface area contributed by atoms with Gasteiger partial charge in [-0.05, 0) is 23.8 Å². The number of nitrogens with zero attached hydrogens (tertiary/aromatic N) is 2. The molecule has 7 nitrogen and oxygen atoms in total. The van der Waals surface area contributed by atoms with Crippen molar-refractivity contribution in [3.8, 4) is 0 Å². The number of methoxy groups -OCH3 is 1. The molecule has 0 aliphatic carbocycles. The van der Waals surface area contributed by atoms with E-state index in [0.29, 0.717) is 19.6 Å². The molecule has 2 aromatic rings. The Labute approximate surface area is 158 Å². The van der Waals surface area contributed by atoms with Crippen LogP contribution in [0.15, 0.2) is 53.7 Å². The van der Waals surface area contributed by atoms with Gasteiger partial charge in [0.15, 0.2) is 0 Å². The highest BCUT2D eigenvalue weighted by Crippen LogP contribution is 2.30. The Bertz CT molecular complexity index is 861. The number of nitrogens with one attached hydrogen (secondary N) is 1. The smallest absolute Gasteiger partial charge is 0.339 e. The van der Waals surface area contributed by atoms with Crippen molar-refractivity contribution in [2.75, 3.05) is 26.7 Å². The predicted molar refractivity (Wildman–Crippen MR) is 98.8 cm³/mol. The minimum absolute atomic E-state index is 0. The lowest BCUT2D eigenvalue weighted by molar-refractivity contribution is 0.0596. The van der Waals surface area contributed by atoms with Crippen LogP contribution < -0.4 is 5.32 Å². The third kappa shape index (κ3) is 3.88. The average Bonchev–Trinajstić information content (AvgIpc) is 2.68. The van der Waals surface area contributed by atoms with E-state index in [4.69, 9.17) is 4.74 Å². The molecule has 2 heterocycles. The molecule has 3 rings (SSSR count). The van der Waals surface area contributed by atoms with Crippen molar-refractivity contribution in [2.45, 2.75) is 10.9 Å². The number of pyridine rings is 1. The van der Waals surface area contributed by atoms with Crippen LogP contribution in [-0.2, 0) is 14.8 Å². The Hall–Kier alpha value is -2.00. The maximum Gasteiger partial charge on any atom is 0.339 e. The second-order valence-electron chi connectivity index (χ2n) is 5.61. The Morgan fingerprint density at radius 1 is 1.27 bits per heavy atom. The summed E-state index contributed by atoms with van der Waals surface area (Å²) in [5, 5.41) is 3.21. The van der Waals surface area contributed by atoms with E-state index in [1.165, 1.54) is 23.5 Å². The Balaban J connectivity index is 0.00000243. The predicted octanol–water partition coefficient (Wildman–Crippen LogP) is 1.63. The van der Waals surface area contributed by atoms with Crippen LogP contribution in [0.25, 0.3) is 0 Å². The summed E-state index contributed by atoms with van der Waals surface area (Å²) in [4.78, 5) is 16.0. The number of carbonyl (C=O) groups excluding carboxylic acids is 1. The second kappa shape index (κ2) is 8.59. The zero-order chi connectivity index (χ0) is 17.9. The lowest BCUT2D eigenvalue weighted by Crippen LogP contribution is -2.48. The fourth-order valence-corrected chi connectivity index (χ4v) is 4.72. The van der Waals surface area contributed by atoms with Crippen LogP contribution in [0.2, 0.25) is 0 Å². The Morgan fingerprint density at radius 2 is 2.04 bits per heavy atom. The largest absolute Gasteiger partial charge is 0.465 e. The van der Waals surface area contributed by atoms with Gasteiger partial charge in [-0.1, -0.05) is 18.2 Å². The number of carbonyl (C=O) groups is 1. The molecule has 0 bridgehead atoms. The topological polar surface area (TPSA) is 88.6 Å². The number of aromatic nitrogens is 1. The van der Waals surface area contributed by atoms with Crippen molar-refractivity contribution in [3.05, 3.63) is 59.9 Å². The van der Waals surface area contributed by atoms with E-state index in [1.54, 1.807) is 30.6 Å². The van der Waals surface area contributed by atoms with Gasteiger partial charge in [0.1, 0.15) is 0 Å². The molecule has 0 saturated carbocycles. The van der Waals surface area contributed by atoms with Crippen LogP contribution >= 0.6 is 12.4 Å². The van der Waals surface area contributed by atoms with E-state index in [1.807, 2.05) is 6.07 Å². The molecular weight excluding hydrogens is 378 g/mol. The molecule has 0 spiro atoms. The molecule has 9 heteroatoms. The number of hydrogen-bond donors (Lipinski definition) is 1. The van der Waals surface area contributed by atoms with E-state index in [9.17, 15) is 13.2 Å². The molecular formula is C17H20ClN3O4S. The number of sulfonamides is 1. The second-order valence-corrected chi connectivity index (χ2v) is 7.47. The summed E-state index contributed by atoms with van der Waals surface area (Å²) in [7, 11) is -2.65. The number of halogens is 1. The first kappa shape index (κ1) is 20.3. The Kier molecular flexibility index (Phi) is 6.71. The molecule has 1 aliphatic rings. The van der Waals surface area contributed by atoms with Gasteiger partial charge in [-0.2, -0.15) is 4.31 Å². The molecule has 1 aromatic carbocycles. The van der Waals surface area contributed by atoms with Crippen molar-refractivity contribution < 1.29 is 17.9 Å². The van der Waals surface area contributed by atoms with Gasteiger partial charge in [-0.3, -0.25) is 4.98 Å². The lowest BCUT2D eigenvalue weighted by atomic mass is 10.1. The SMILES string of the molecule is COC(=O)c1ccccc1S(=O)(=O)N1CCNCC1c1cccnc1.Cl. The number of benzene rings is 1. The van der Waals surface area contributed by atoms with Crippen LogP contribution in [0.1, 0.15) is 22.0 Å². The molecule has 140 valence electrons. The van der Waals surface area contributed by atoms with Gasteiger partial charge in [0.25, 0.3) is 0 Å². The first-order valence-electron chi connectivity index (χ1n) is 7.85. The zero-order valence-corrected chi connectivity index (χ0v) is 15.8. The fraction of sp³-hybridized carbons (Fsp3) is 0.294. The maximum atomic E-state index is 13.3. The van der Waals surface area contributed by atoms with Gasteiger partial charge in [-0.25, -0.2) is 13.2 Å². The highest BCUT2D eigenvalue weighted by molar-refractivity contribution is 7.89. The van der Waals surface area contributed by atoms with E-state index in [-0.39, 0.29) is 22.9 Å². The third-order valence-electron chi connectivity index (χ3n) is 4.14. The quantitative estimate of drug-likeness (QED) is 0.789. The van der Waals surface area contributed by atoms with E-state index < -0.39 is 22.0 Å². The summed E-state index contributed by atoms with van der Waals surface area (Å²) in [5.41, 5.74) is 0.835. The molecule has 1 atom stereocenters. The van der Waals surface area contributed by atoms with Crippen LogP contribution in [0.3, 0.4) is 0 Å². The Morgan fingerprint density at radius 3 is 2.73 bits per heavy atom. The average molecular weight is 398 g/mol. The number of hydrogen-bond acceptors (Lipinski definition) is 6. The summed E-state index contributed by atoms with van der Waals surface area (Å²) >= 11 is 0. The highest BCUT2D eigenvalue weighted by atomic mass is 35.5. The van der Waals surface area contributed by atoms with E-state index >= 15 is 0 Å². The van der Waals surface area contributed by atoms with Gasteiger partial charge < -0.3 is 10.1 Å². The monoisotopic (exact) mass is 397 g/mol. The number of ether oxygens (including phenoxy) is 1. The van der Waals surface area contributed by atoms with Crippen molar-refractivity contribution in [1.82, 2.24) is 14.6 Å². The van der Waals surface area contributed by atoms with Crippen LogP contribution in [0, 0.1) is 0 Å². The number of esters is 1. The molecule has 1 fully saturated rings. The number of piperazine rings is 1. The molecule has 26 heavy (non-hydrogen) atoms. The van der Waals surface area contributed by atoms with Gasteiger partial charge in [0, 0.05) is 32.0 Å². The van der Waals surface area contributed by atoms with Crippen molar-refractivity contribution >= 4 is 28.4 Å². The summed E-state index contributed by atoms with van der Waals surface area (Å²) in [5.74, 6) is -0.674. The minimum Gasteiger partial charge on any atom is -0.465 e. The normalized spacial score (nSPS) is 18.0. The van der Waals surface area contributed by atoms with Crippen molar-refractivity contribution in [3.63, 3.8) is 0 Å². The third-order valence-corrected chi connectivity index (χ3v) is 6.11. The molecule has 0 amide bonds. The standard InChI is InChI=1S/C17H19N3O4S.ClH/c1-24-17(21)14-6-2-3-7-16(14)25(22,23)20-10-9-19-12-15(20)13-5-4-8-18-11-13;/h2-8,11,15,19H,9-10,12H2,1H3;1H. The van der Waals surface area contributed by atoms with E-state index in [0.717, 1.165) is 5.56 Å². The molecule has 1 aliphatic heterocycles. The van der Waals surface area contributed by atoms with Crippen molar-refractivity contribution in [2.24, 2.45) is 0 Å². The minimum atomic E-state index is -3.88.